The molecule has 0 bridgehead atoms. The number of fused-ring (bicyclic) bond motifs is 2. The number of aliphatic hydroxyl groups excluding tert-OH is 1. The van der Waals surface area contributed by atoms with Crippen molar-refractivity contribution < 1.29 is 24.2 Å². The number of ether oxygens (including phenoxy) is 1. The predicted octanol–water partition coefficient (Wildman–Crippen LogP) is 1.99. The normalized spacial score (nSPS) is 33.9. The highest BCUT2D eigenvalue weighted by molar-refractivity contribution is 6.00. The highest BCUT2D eigenvalue weighted by Crippen LogP contribution is 2.59. The van der Waals surface area contributed by atoms with E-state index in [0.29, 0.717) is 26.1 Å². The van der Waals surface area contributed by atoms with Crippen LogP contribution in [0.1, 0.15) is 32.8 Å². The quantitative estimate of drug-likeness (QED) is 0.595. The van der Waals surface area contributed by atoms with Gasteiger partial charge in [-0.3, -0.25) is 14.4 Å². The molecule has 1 unspecified atom stereocenters. The SMILES string of the molecule is CC[C@@]12C=CCN(C)C(=O)[C@@H]1[C@H]1C(=O)N([C@@H](CO)C(C)C)C3C(=O)N(Cc4ccccc4)CC=C[C@@]31O2. The number of likely N-dealkylation sites (N-methyl/N-ethyl adjacent to an activating group) is 1. The highest BCUT2D eigenvalue weighted by atomic mass is 16.5. The first-order valence-corrected chi connectivity index (χ1v) is 13.3. The number of rotatable bonds is 6. The predicted molar refractivity (Wildman–Crippen MR) is 138 cm³/mol. The van der Waals surface area contributed by atoms with Crippen LogP contribution in [0.25, 0.3) is 0 Å². The van der Waals surface area contributed by atoms with Gasteiger partial charge in [-0.1, -0.05) is 75.4 Å². The van der Waals surface area contributed by atoms with Crippen LogP contribution in [0.15, 0.2) is 54.6 Å². The molecule has 198 valence electrons. The molecular formula is C29H37N3O5. The van der Waals surface area contributed by atoms with Crippen LogP contribution in [0.3, 0.4) is 0 Å². The summed E-state index contributed by atoms with van der Waals surface area (Å²) >= 11 is 0. The molecule has 4 aliphatic rings. The Balaban J connectivity index is 1.66. The number of benzene rings is 1. The summed E-state index contributed by atoms with van der Waals surface area (Å²) in [5.41, 5.74) is -1.31. The van der Waals surface area contributed by atoms with Crippen LogP contribution in [-0.4, -0.2) is 87.6 Å². The van der Waals surface area contributed by atoms with Gasteiger partial charge in [0.1, 0.15) is 11.6 Å². The summed E-state index contributed by atoms with van der Waals surface area (Å²) in [7, 11) is 1.73. The summed E-state index contributed by atoms with van der Waals surface area (Å²) in [6, 6.07) is 8.18. The molecule has 4 aliphatic heterocycles. The number of hydrogen-bond acceptors (Lipinski definition) is 5. The smallest absolute Gasteiger partial charge is 0.249 e. The Labute approximate surface area is 218 Å². The molecule has 1 aromatic rings. The zero-order chi connectivity index (χ0) is 26.5. The van der Waals surface area contributed by atoms with Gasteiger partial charge < -0.3 is 24.5 Å². The van der Waals surface area contributed by atoms with Crippen molar-refractivity contribution in [2.24, 2.45) is 17.8 Å². The molecule has 2 fully saturated rings. The van der Waals surface area contributed by atoms with Crippen LogP contribution in [0.5, 0.6) is 0 Å². The van der Waals surface area contributed by atoms with Crippen LogP contribution >= 0.6 is 0 Å². The Hall–Kier alpha value is -2.97. The standard InChI is InChI=1S/C29H37N3O5/c1-5-28-13-9-15-30(4)25(34)22(28)23-26(35)32(21(18-33)19(2)3)24-27(36)31(16-10-14-29(23,24)37-28)17-20-11-7-6-8-12-20/h6-14,19,21-24,33H,5,15-18H2,1-4H3/t21-,22-,23-,24?,28+,29-/m0/s1. The van der Waals surface area contributed by atoms with E-state index in [9.17, 15) is 19.5 Å². The lowest BCUT2D eigenvalue weighted by Gasteiger charge is -2.41. The van der Waals surface area contributed by atoms with E-state index in [1.54, 1.807) is 21.7 Å². The maximum absolute atomic E-state index is 14.4. The molecular weight excluding hydrogens is 470 g/mol. The third-order valence-corrected chi connectivity index (χ3v) is 8.69. The van der Waals surface area contributed by atoms with Crippen LogP contribution < -0.4 is 0 Å². The molecule has 6 atom stereocenters. The van der Waals surface area contributed by atoms with E-state index in [0.717, 1.165) is 5.56 Å². The van der Waals surface area contributed by atoms with Crippen LogP contribution in [0.4, 0.5) is 0 Å². The zero-order valence-electron chi connectivity index (χ0n) is 22.0. The fraction of sp³-hybridized carbons (Fsp3) is 0.552. The molecule has 0 radical (unpaired) electrons. The molecule has 4 heterocycles. The maximum Gasteiger partial charge on any atom is 0.249 e. The lowest BCUT2D eigenvalue weighted by molar-refractivity contribution is -0.158. The number of amides is 3. The number of aliphatic hydroxyl groups is 1. The molecule has 0 saturated carbocycles. The van der Waals surface area contributed by atoms with Crippen molar-refractivity contribution in [3.05, 3.63) is 60.2 Å². The van der Waals surface area contributed by atoms with Gasteiger partial charge in [-0.05, 0) is 17.9 Å². The average Bonchev–Trinajstić information content (AvgIpc) is 3.19. The van der Waals surface area contributed by atoms with Gasteiger partial charge in [0.15, 0.2) is 0 Å². The first kappa shape index (κ1) is 25.7. The summed E-state index contributed by atoms with van der Waals surface area (Å²) in [6.45, 7) is 6.72. The number of carbonyl (C=O) groups excluding carboxylic acids is 3. The molecule has 8 nitrogen and oxygen atoms in total. The van der Waals surface area contributed by atoms with Crippen LogP contribution in [0, 0.1) is 17.8 Å². The molecule has 1 spiro atoms. The van der Waals surface area contributed by atoms with E-state index in [1.807, 2.05) is 75.4 Å². The highest BCUT2D eigenvalue weighted by Gasteiger charge is 2.75. The van der Waals surface area contributed by atoms with Crippen LogP contribution in [0.2, 0.25) is 0 Å². The second-order valence-electron chi connectivity index (χ2n) is 11.1. The van der Waals surface area contributed by atoms with Gasteiger partial charge in [0.25, 0.3) is 0 Å². The number of likely N-dealkylation sites (tertiary alicyclic amines) is 1. The number of nitrogens with zero attached hydrogens (tertiary/aromatic N) is 3. The third-order valence-electron chi connectivity index (χ3n) is 8.69. The summed E-state index contributed by atoms with van der Waals surface area (Å²) in [5.74, 6) is -2.40. The van der Waals surface area contributed by atoms with Gasteiger partial charge in [0.05, 0.1) is 30.1 Å². The van der Waals surface area contributed by atoms with E-state index in [1.165, 1.54) is 0 Å². The van der Waals surface area contributed by atoms with Crippen LogP contribution in [-0.2, 0) is 25.7 Å². The molecule has 1 aromatic carbocycles. The summed E-state index contributed by atoms with van der Waals surface area (Å²) in [6.07, 6.45) is 8.11. The van der Waals surface area contributed by atoms with Crippen molar-refractivity contribution in [2.45, 2.75) is 57.0 Å². The topological polar surface area (TPSA) is 90.4 Å². The molecule has 0 aliphatic carbocycles. The van der Waals surface area contributed by atoms with Crippen molar-refractivity contribution in [1.29, 1.82) is 0 Å². The fourth-order valence-electron chi connectivity index (χ4n) is 6.79. The van der Waals surface area contributed by atoms with Crippen molar-refractivity contribution >= 4 is 17.7 Å². The van der Waals surface area contributed by atoms with Crippen molar-refractivity contribution in [3.63, 3.8) is 0 Å². The van der Waals surface area contributed by atoms with Gasteiger partial charge in [0.2, 0.25) is 17.7 Å². The minimum absolute atomic E-state index is 0.101. The fourth-order valence-corrected chi connectivity index (χ4v) is 6.79. The molecule has 3 amide bonds. The lowest BCUT2D eigenvalue weighted by Crippen LogP contribution is -2.59. The first-order chi connectivity index (χ1) is 17.7. The molecule has 0 aromatic heterocycles. The second kappa shape index (κ2) is 9.40. The van der Waals surface area contributed by atoms with E-state index < -0.39 is 35.1 Å². The van der Waals surface area contributed by atoms with Crippen molar-refractivity contribution in [1.82, 2.24) is 14.7 Å². The Morgan fingerprint density at radius 1 is 1.00 bits per heavy atom. The summed E-state index contributed by atoms with van der Waals surface area (Å²) < 4.78 is 6.93. The van der Waals surface area contributed by atoms with E-state index in [2.05, 4.69) is 0 Å². The largest absolute Gasteiger partial charge is 0.394 e. The zero-order valence-corrected chi connectivity index (χ0v) is 22.0. The Morgan fingerprint density at radius 2 is 1.70 bits per heavy atom. The molecule has 1 N–H and O–H groups in total. The Bertz CT molecular complexity index is 1130. The third kappa shape index (κ3) is 3.76. The van der Waals surface area contributed by atoms with Crippen molar-refractivity contribution in [3.8, 4) is 0 Å². The number of carbonyl (C=O) groups is 3. The summed E-state index contributed by atoms with van der Waals surface area (Å²) in [5, 5.41) is 10.4. The second-order valence-corrected chi connectivity index (χ2v) is 11.1. The Morgan fingerprint density at radius 3 is 2.35 bits per heavy atom. The van der Waals surface area contributed by atoms with Gasteiger partial charge in [-0.15, -0.1) is 0 Å². The van der Waals surface area contributed by atoms with E-state index in [4.69, 9.17) is 4.74 Å². The lowest BCUT2D eigenvalue weighted by atomic mass is 9.73. The van der Waals surface area contributed by atoms with E-state index in [-0.39, 0.29) is 30.2 Å². The van der Waals surface area contributed by atoms with Crippen molar-refractivity contribution in [2.75, 3.05) is 26.7 Å². The van der Waals surface area contributed by atoms with E-state index >= 15 is 0 Å². The van der Waals surface area contributed by atoms with Gasteiger partial charge >= 0.3 is 0 Å². The molecule has 2 saturated heterocycles. The minimum Gasteiger partial charge on any atom is -0.394 e. The van der Waals surface area contributed by atoms with Gasteiger partial charge in [0, 0.05) is 26.7 Å². The number of hydrogen-bond donors (Lipinski definition) is 1. The average molecular weight is 508 g/mol. The molecule has 5 rings (SSSR count). The monoisotopic (exact) mass is 507 g/mol. The Kier molecular flexibility index (Phi) is 6.52. The molecule has 37 heavy (non-hydrogen) atoms. The first-order valence-electron chi connectivity index (χ1n) is 13.3. The molecule has 8 heteroatoms. The minimum atomic E-state index is -1.30. The summed E-state index contributed by atoms with van der Waals surface area (Å²) in [4.78, 5) is 47.5. The van der Waals surface area contributed by atoms with Gasteiger partial charge in [-0.2, -0.15) is 0 Å². The maximum atomic E-state index is 14.4. The van der Waals surface area contributed by atoms with Gasteiger partial charge in [-0.25, -0.2) is 0 Å².